The van der Waals surface area contributed by atoms with Crippen molar-refractivity contribution in [2.45, 2.75) is 117 Å². The van der Waals surface area contributed by atoms with Gasteiger partial charge in [0.25, 0.3) is 5.91 Å². The van der Waals surface area contributed by atoms with Crippen LogP contribution in [0.3, 0.4) is 0 Å². The number of hydrogen-bond donors (Lipinski definition) is 2. The van der Waals surface area contributed by atoms with Gasteiger partial charge in [-0.25, -0.2) is 9.37 Å². The Labute approximate surface area is 311 Å². The van der Waals surface area contributed by atoms with E-state index in [2.05, 4.69) is 15.2 Å². The molecule has 288 valence electrons. The first kappa shape index (κ1) is 42.7. The van der Waals surface area contributed by atoms with Gasteiger partial charge >= 0.3 is 11.9 Å². The van der Waals surface area contributed by atoms with E-state index >= 15 is 0 Å². The van der Waals surface area contributed by atoms with E-state index in [1.807, 2.05) is 34.7 Å². The monoisotopic (exact) mass is 744 g/mol. The van der Waals surface area contributed by atoms with E-state index in [0.29, 0.717) is 5.01 Å². The maximum absolute atomic E-state index is 14.2. The van der Waals surface area contributed by atoms with Crippen LogP contribution in [0.5, 0.6) is 0 Å². The third kappa shape index (κ3) is 12.2. The van der Waals surface area contributed by atoms with Crippen LogP contribution in [0.1, 0.15) is 114 Å². The van der Waals surface area contributed by atoms with Gasteiger partial charge in [-0.3, -0.25) is 28.9 Å². The molecular formula is C39H57FN4O7S. The molecule has 1 aromatic heterocycles. The Balaban J connectivity index is 1.81. The molecule has 2 heterocycles. The number of nitrogens with zero attached hydrogens (tertiary/aromatic N) is 3. The first-order chi connectivity index (χ1) is 24.5. The van der Waals surface area contributed by atoms with E-state index < -0.39 is 47.6 Å². The Hall–Kier alpha value is -3.71. The van der Waals surface area contributed by atoms with Crippen molar-refractivity contribution in [1.29, 1.82) is 0 Å². The van der Waals surface area contributed by atoms with Crippen molar-refractivity contribution < 1.29 is 38.2 Å². The second-order valence-electron chi connectivity index (χ2n) is 14.8. The average molecular weight is 745 g/mol. The second-order valence-corrected chi connectivity index (χ2v) is 15.7. The number of carboxylic acids is 1. The number of amides is 2. The number of rotatable bonds is 19. The molecule has 0 spiro atoms. The largest absolute Gasteiger partial charge is 0.481 e. The van der Waals surface area contributed by atoms with Crippen molar-refractivity contribution in [3.63, 3.8) is 0 Å². The predicted octanol–water partition coefficient (Wildman–Crippen LogP) is 6.32. The van der Waals surface area contributed by atoms with Crippen molar-refractivity contribution in [2.24, 2.45) is 23.7 Å². The quantitative estimate of drug-likeness (QED) is 0.158. The normalized spacial score (nSPS) is 18.5. The molecule has 3 unspecified atom stereocenters. The van der Waals surface area contributed by atoms with Crippen molar-refractivity contribution in [1.82, 2.24) is 20.1 Å². The maximum Gasteiger partial charge on any atom is 0.306 e. The van der Waals surface area contributed by atoms with E-state index in [9.17, 15) is 33.5 Å². The number of aromatic nitrogens is 1. The van der Waals surface area contributed by atoms with Crippen molar-refractivity contribution in [2.75, 3.05) is 20.6 Å². The number of piperidine rings is 1. The molecule has 0 radical (unpaired) electrons. The van der Waals surface area contributed by atoms with Crippen LogP contribution >= 0.6 is 11.3 Å². The number of ketones is 1. The molecular weight excluding hydrogens is 688 g/mol. The number of ether oxygens (including phenoxy) is 1. The van der Waals surface area contributed by atoms with E-state index in [1.165, 1.54) is 19.1 Å². The zero-order valence-electron chi connectivity index (χ0n) is 31.9. The van der Waals surface area contributed by atoms with E-state index in [-0.39, 0.29) is 67.0 Å². The molecule has 2 aromatic rings. The predicted molar refractivity (Wildman–Crippen MR) is 198 cm³/mol. The fourth-order valence-electron chi connectivity index (χ4n) is 7.00. The summed E-state index contributed by atoms with van der Waals surface area (Å²) in [6.45, 7) is 11.7. The third-order valence-corrected chi connectivity index (χ3v) is 11.3. The number of esters is 1. The molecule has 1 saturated heterocycles. The highest BCUT2D eigenvalue weighted by molar-refractivity contribution is 7.09. The Bertz CT molecular complexity index is 1520. The first-order valence-corrected chi connectivity index (χ1v) is 19.3. The summed E-state index contributed by atoms with van der Waals surface area (Å²) in [4.78, 5) is 73.5. The van der Waals surface area contributed by atoms with Crippen LogP contribution in [0, 0.1) is 29.5 Å². The van der Waals surface area contributed by atoms with Crippen LogP contribution in [0.4, 0.5) is 4.39 Å². The van der Waals surface area contributed by atoms with E-state index in [4.69, 9.17) is 4.74 Å². The zero-order valence-corrected chi connectivity index (χ0v) is 32.7. The number of likely N-dealkylation sites (N-methyl/N-ethyl adjacent to an activating group) is 1. The fourth-order valence-corrected chi connectivity index (χ4v) is 7.84. The number of nitrogens with one attached hydrogen (secondary N) is 1. The van der Waals surface area contributed by atoms with E-state index in [0.717, 1.165) is 49.1 Å². The van der Waals surface area contributed by atoms with Gasteiger partial charge in [-0.15, -0.1) is 11.3 Å². The topological polar surface area (TPSA) is 146 Å². The molecule has 2 N–H and O–H groups in total. The molecule has 52 heavy (non-hydrogen) atoms. The summed E-state index contributed by atoms with van der Waals surface area (Å²) < 4.78 is 19.3. The van der Waals surface area contributed by atoms with E-state index in [1.54, 1.807) is 36.4 Å². The number of hydrogen-bond acceptors (Lipinski definition) is 9. The lowest BCUT2D eigenvalue weighted by atomic mass is 9.83. The molecule has 1 aliphatic rings. The van der Waals surface area contributed by atoms with Gasteiger partial charge in [0, 0.05) is 50.2 Å². The van der Waals surface area contributed by atoms with Gasteiger partial charge in [0.05, 0.1) is 12.0 Å². The lowest BCUT2D eigenvalue weighted by Gasteiger charge is -2.37. The molecule has 1 aromatic carbocycles. The van der Waals surface area contributed by atoms with Crippen LogP contribution in [0.25, 0.3) is 0 Å². The Morgan fingerprint density at radius 1 is 1.10 bits per heavy atom. The molecule has 0 aliphatic carbocycles. The average Bonchev–Trinajstić information content (AvgIpc) is 3.59. The van der Waals surface area contributed by atoms with Crippen molar-refractivity contribution in [3.8, 4) is 0 Å². The lowest BCUT2D eigenvalue weighted by molar-refractivity contribution is -0.149. The first-order valence-electron chi connectivity index (χ1n) is 18.4. The molecule has 13 heteroatoms. The molecule has 7 atom stereocenters. The van der Waals surface area contributed by atoms with Gasteiger partial charge in [0.2, 0.25) is 5.91 Å². The Morgan fingerprint density at radius 3 is 2.35 bits per heavy atom. The number of carbonyl (C=O) groups is 5. The number of halogens is 1. The van der Waals surface area contributed by atoms with Gasteiger partial charge < -0.3 is 20.1 Å². The molecule has 0 bridgehead atoms. The number of Topliss-reactive ketones (excluding diaryl/α,β-unsaturated/α-hetero) is 1. The van der Waals surface area contributed by atoms with Crippen LogP contribution in [0.15, 0.2) is 29.6 Å². The standard InChI is InChI=1S/C39H57FN4O7S/c1-9-24(4)30(20-34(46)32-12-10-11-17-43(32)7)38(48)44(8)33(23(2)3)21-35(51-26(6)45)37-42-31(22-52-37)36(47)41-29(18-25(5)39(49)50)19-27-13-15-28(40)16-14-27/h13-16,22-25,29-30,32-33,35H,9-12,17-21H2,1-8H3,(H,41,47)(H,49,50)/t24?,25-,29+,30-,32?,33?,35+/m0/s1. The minimum Gasteiger partial charge on any atom is -0.481 e. The summed E-state index contributed by atoms with van der Waals surface area (Å²) in [5, 5.41) is 14.4. The fraction of sp³-hybridized carbons (Fsp3) is 0.641. The van der Waals surface area contributed by atoms with Crippen molar-refractivity contribution in [3.05, 3.63) is 51.7 Å². The SMILES string of the molecule is CCC(C)[C@H](CC(=O)C1CCCCN1C)C(=O)N(C)C(C[C@@H](OC(C)=O)c1nc(C(=O)N[C@@H](Cc2ccc(F)cc2)C[C@H](C)C(=O)O)cs1)C(C)C. The number of aliphatic carboxylic acids is 1. The Kier molecular flexibility index (Phi) is 16.4. The van der Waals surface area contributed by atoms with Crippen LogP contribution < -0.4 is 5.32 Å². The number of thiazole rings is 1. The Morgan fingerprint density at radius 2 is 1.77 bits per heavy atom. The second kappa shape index (κ2) is 19.9. The minimum atomic E-state index is -0.999. The number of carbonyl (C=O) groups excluding carboxylic acids is 4. The summed E-state index contributed by atoms with van der Waals surface area (Å²) in [6.07, 6.45) is 3.57. The van der Waals surface area contributed by atoms with Gasteiger partial charge in [-0.1, -0.05) is 59.6 Å². The zero-order chi connectivity index (χ0) is 38.7. The van der Waals surface area contributed by atoms with Crippen LogP contribution in [0.2, 0.25) is 0 Å². The molecule has 1 fully saturated rings. The summed E-state index contributed by atoms with van der Waals surface area (Å²) in [5.41, 5.74) is 0.815. The van der Waals surface area contributed by atoms with Gasteiger partial charge in [0.15, 0.2) is 11.9 Å². The number of benzene rings is 1. The molecule has 11 nitrogen and oxygen atoms in total. The smallest absolute Gasteiger partial charge is 0.306 e. The van der Waals surface area contributed by atoms with Gasteiger partial charge in [-0.05, 0) is 68.8 Å². The highest BCUT2D eigenvalue weighted by Crippen LogP contribution is 2.33. The number of carboxylic acid groups (broad SMARTS) is 1. The highest BCUT2D eigenvalue weighted by atomic mass is 32.1. The maximum atomic E-state index is 14.2. The molecule has 2 amide bonds. The molecule has 0 saturated carbocycles. The number of likely N-dealkylation sites (tertiary alicyclic amines) is 1. The van der Waals surface area contributed by atoms with Gasteiger partial charge in [0.1, 0.15) is 16.5 Å². The summed E-state index contributed by atoms with van der Waals surface area (Å²) >= 11 is 1.15. The summed E-state index contributed by atoms with van der Waals surface area (Å²) in [7, 11) is 3.71. The highest BCUT2D eigenvalue weighted by Gasteiger charge is 2.37. The van der Waals surface area contributed by atoms with Crippen molar-refractivity contribution >= 4 is 40.9 Å². The third-order valence-electron chi connectivity index (χ3n) is 10.4. The minimum absolute atomic E-state index is 0.0183. The van der Waals surface area contributed by atoms with Crippen LogP contribution in [-0.2, 0) is 30.3 Å². The van der Waals surface area contributed by atoms with Gasteiger partial charge in [-0.2, -0.15) is 0 Å². The molecule has 1 aliphatic heterocycles. The lowest BCUT2D eigenvalue weighted by Crippen LogP contribution is -2.48. The molecule has 3 rings (SSSR count). The summed E-state index contributed by atoms with van der Waals surface area (Å²) in [5.74, 6) is -3.79. The summed E-state index contributed by atoms with van der Waals surface area (Å²) in [6, 6.07) is 4.68. The van der Waals surface area contributed by atoms with Crippen LogP contribution in [-0.4, -0.2) is 88.2 Å².